The zero-order valence-corrected chi connectivity index (χ0v) is 18.2. The van der Waals surface area contributed by atoms with E-state index in [1.165, 1.54) is 22.3 Å². The van der Waals surface area contributed by atoms with Gasteiger partial charge in [-0.3, -0.25) is 4.90 Å². The highest BCUT2D eigenvalue weighted by Gasteiger charge is 2.50. The summed E-state index contributed by atoms with van der Waals surface area (Å²) in [7, 11) is 0. The number of rotatable bonds is 2. The van der Waals surface area contributed by atoms with Crippen molar-refractivity contribution < 1.29 is 19.1 Å². The lowest BCUT2D eigenvalue weighted by molar-refractivity contribution is -0.0731. The van der Waals surface area contributed by atoms with Gasteiger partial charge in [-0.25, -0.2) is 9.59 Å². The van der Waals surface area contributed by atoms with Gasteiger partial charge in [-0.15, -0.1) is 0 Å². The Kier molecular flexibility index (Phi) is 4.68. The molecule has 1 aliphatic carbocycles. The van der Waals surface area contributed by atoms with Gasteiger partial charge in [-0.05, 0) is 49.4 Å². The average Bonchev–Trinajstić information content (AvgIpc) is 3.04. The van der Waals surface area contributed by atoms with Crippen LogP contribution in [0.25, 0.3) is 11.1 Å². The molecule has 2 aromatic rings. The molecule has 0 radical (unpaired) electrons. The molecule has 3 saturated heterocycles. The smallest absolute Gasteiger partial charge is 0.410 e. The molecule has 2 amide bonds. The minimum atomic E-state index is -0.520. The van der Waals surface area contributed by atoms with Crippen LogP contribution in [0.4, 0.5) is 9.59 Å². The maximum atomic E-state index is 12.8. The van der Waals surface area contributed by atoms with Crippen molar-refractivity contribution in [1.29, 1.82) is 0 Å². The van der Waals surface area contributed by atoms with E-state index in [0.29, 0.717) is 19.7 Å². The molecule has 0 N–H and O–H groups in total. The first-order chi connectivity index (χ1) is 14.8. The monoisotopic (exact) mass is 420 g/mol. The summed E-state index contributed by atoms with van der Waals surface area (Å²) in [5.41, 5.74) is 4.31. The third-order valence-corrected chi connectivity index (χ3v) is 6.39. The average molecular weight is 421 g/mol. The van der Waals surface area contributed by atoms with E-state index in [9.17, 15) is 9.59 Å². The second-order valence-corrected chi connectivity index (χ2v) is 9.64. The van der Waals surface area contributed by atoms with E-state index in [1.807, 2.05) is 45.0 Å². The summed E-state index contributed by atoms with van der Waals surface area (Å²) in [6.45, 7) is 6.89. The minimum Gasteiger partial charge on any atom is -0.448 e. The number of benzene rings is 2. The van der Waals surface area contributed by atoms with Crippen LogP contribution in [0.15, 0.2) is 48.5 Å². The number of hydrogen-bond acceptors (Lipinski definition) is 4. The van der Waals surface area contributed by atoms with E-state index >= 15 is 0 Å². The topological polar surface area (TPSA) is 59.1 Å². The number of hydrogen-bond donors (Lipinski definition) is 0. The van der Waals surface area contributed by atoms with Crippen molar-refractivity contribution in [2.75, 3.05) is 19.7 Å². The molecule has 2 unspecified atom stereocenters. The number of amides is 2. The Morgan fingerprint density at radius 2 is 1.45 bits per heavy atom. The van der Waals surface area contributed by atoms with E-state index in [0.717, 1.165) is 6.42 Å². The van der Waals surface area contributed by atoms with Gasteiger partial charge in [-0.1, -0.05) is 48.5 Å². The zero-order chi connectivity index (χ0) is 21.8. The molecule has 2 bridgehead atoms. The van der Waals surface area contributed by atoms with Crippen LogP contribution in [0.3, 0.4) is 0 Å². The summed E-state index contributed by atoms with van der Waals surface area (Å²) in [5, 5.41) is 0. The highest BCUT2D eigenvalue weighted by Crippen LogP contribution is 2.44. The molecule has 2 atom stereocenters. The standard InChI is InChI=1S/C25H28N2O4/c1-25(2,3)31-24(29)27-16-12-17(27)14-26(13-16)23(28)30-15-22-20-10-6-4-8-18(20)19-9-5-7-11-21(19)22/h4-11,16-17,22H,12-15H2,1-3H3. The van der Waals surface area contributed by atoms with Crippen molar-refractivity contribution in [1.82, 2.24) is 9.80 Å². The molecule has 0 saturated carbocycles. The zero-order valence-electron chi connectivity index (χ0n) is 18.2. The Balaban J connectivity index is 1.22. The molecule has 31 heavy (non-hydrogen) atoms. The molecule has 6 heteroatoms. The molecular weight excluding hydrogens is 392 g/mol. The summed E-state index contributed by atoms with van der Waals surface area (Å²) >= 11 is 0. The largest absolute Gasteiger partial charge is 0.448 e. The Morgan fingerprint density at radius 1 is 0.903 bits per heavy atom. The number of fused-ring (bicyclic) bond motifs is 5. The fourth-order valence-electron chi connectivity index (χ4n) is 5.06. The third-order valence-electron chi connectivity index (χ3n) is 6.39. The van der Waals surface area contributed by atoms with Crippen LogP contribution in [-0.2, 0) is 9.47 Å². The van der Waals surface area contributed by atoms with Crippen LogP contribution in [0.5, 0.6) is 0 Å². The Hall–Kier alpha value is -3.02. The molecule has 162 valence electrons. The molecule has 2 aromatic carbocycles. The Morgan fingerprint density at radius 3 is 2.00 bits per heavy atom. The number of nitrogens with zero attached hydrogens (tertiary/aromatic N) is 2. The van der Waals surface area contributed by atoms with Crippen molar-refractivity contribution >= 4 is 12.2 Å². The number of piperidine rings is 1. The third kappa shape index (κ3) is 3.54. The summed E-state index contributed by atoms with van der Waals surface area (Å²) < 4.78 is 11.3. The first-order valence-corrected chi connectivity index (χ1v) is 10.9. The van der Waals surface area contributed by atoms with Crippen molar-refractivity contribution in [2.24, 2.45) is 0 Å². The molecule has 3 aliphatic heterocycles. The van der Waals surface area contributed by atoms with Gasteiger partial charge >= 0.3 is 12.2 Å². The molecule has 3 fully saturated rings. The van der Waals surface area contributed by atoms with Gasteiger partial charge in [0.25, 0.3) is 0 Å². The van der Waals surface area contributed by atoms with Crippen molar-refractivity contribution in [2.45, 2.75) is 50.8 Å². The summed E-state index contributed by atoms with van der Waals surface area (Å²) in [6, 6.07) is 16.6. The first-order valence-electron chi connectivity index (χ1n) is 10.9. The second kappa shape index (κ2) is 7.29. The van der Waals surface area contributed by atoms with E-state index in [-0.39, 0.29) is 30.2 Å². The Bertz CT molecular complexity index is 971. The van der Waals surface area contributed by atoms with E-state index < -0.39 is 5.60 Å². The fraction of sp³-hybridized carbons (Fsp3) is 0.440. The minimum absolute atomic E-state index is 0.00841. The number of piperazine rings is 1. The first kappa shape index (κ1) is 19.9. The van der Waals surface area contributed by atoms with Crippen LogP contribution in [0, 0.1) is 0 Å². The van der Waals surface area contributed by atoms with Gasteiger partial charge in [-0.2, -0.15) is 0 Å². The van der Waals surface area contributed by atoms with Gasteiger partial charge < -0.3 is 14.4 Å². The Labute approximate surface area is 182 Å². The maximum Gasteiger partial charge on any atom is 0.410 e. The van der Waals surface area contributed by atoms with E-state index in [4.69, 9.17) is 9.47 Å². The lowest BCUT2D eigenvalue weighted by Gasteiger charge is -2.55. The highest BCUT2D eigenvalue weighted by atomic mass is 16.6. The molecule has 0 spiro atoms. The molecule has 6 rings (SSSR count). The predicted molar refractivity (Wildman–Crippen MR) is 117 cm³/mol. The van der Waals surface area contributed by atoms with Crippen LogP contribution in [0.1, 0.15) is 44.2 Å². The molecule has 0 aromatic heterocycles. The lowest BCUT2D eigenvalue weighted by Crippen LogP contribution is -2.71. The van der Waals surface area contributed by atoms with Gasteiger partial charge in [0.15, 0.2) is 0 Å². The van der Waals surface area contributed by atoms with E-state index in [1.54, 1.807) is 9.80 Å². The van der Waals surface area contributed by atoms with Gasteiger partial charge in [0, 0.05) is 19.0 Å². The van der Waals surface area contributed by atoms with Crippen LogP contribution in [-0.4, -0.2) is 59.4 Å². The SMILES string of the molecule is CC(C)(C)OC(=O)N1C2CC1CN(C(=O)OCC1c3ccccc3-c3ccccc31)C2. The maximum absolute atomic E-state index is 12.8. The van der Waals surface area contributed by atoms with Gasteiger partial charge in [0.05, 0.1) is 12.1 Å². The molecule has 3 heterocycles. The van der Waals surface area contributed by atoms with Crippen molar-refractivity contribution in [3.8, 4) is 11.1 Å². The van der Waals surface area contributed by atoms with Crippen molar-refractivity contribution in [3.05, 3.63) is 59.7 Å². The summed E-state index contributed by atoms with van der Waals surface area (Å²) in [5.74, 6) is 0.0499. The van der Waals surface area contributed by atoms with Crippen molar-refractivity contribution in [3.63, 3.8) is 0 Å². The quantitative estimate of drug-likeness (QED) is 0.711. The predicted octanol–water partition coefficient (Wildman–Crippen LogP) is 4.63. The lowest BCUT2D eigenvalue weighted by atomic mass is 9.88. The molecule has 6 nitrogen and oxygen atoms in total. The van der Waals surface area contributed by atoms with E-state index in [2.05, 4.69) is 24.3 Å². The second-order valence-electron chi connectivity index (χ2n) is 9.64. The summed E-state index contributed by atoms with van der Waals surface area (Å²) in [4.78, 5) is 28.8. The van der Waals surface area contributed by atoms with Gasteiger partial charge in [0.1, 0.15) is 12.2 Å². The summed E-state index contributed by atoms with van der Waals surface area (Å²) in [6.07, 6.45) is 0.313. The van der Waals surface area contributed by atoms with Crippen LogP contribution >= 0.6 is 0 Å². The number of ether oxygens (including phenoxy) is 2. The van der Waals surface area contributed by atoms with Crippen LogP contribution in [0.2, 0.25) is 0 Å². The highest BCUT2D eigenvalue weighted by molar-refractivity contribution is 5.79. The normalized spacial score (nSPS) is 21.8. The van der Waals surface area contributed by atoms with Gasteiger partial charge in [0.2, 0.25) is 0 Å². The number of carbonyl (C=O) groups is 2. The fourth-order valence-corrected chi connectivity index (χ4v) is 5.06. The molecule has 4 aliphatic rings. The number of carbonyl (C=O) groups excluding carboxylic acids is 2. The molecular formula is C25H28N2O4. The van der Waals surface area contributed by atoms with Crippen LogP contribution < -0.4 is 0 Å².